The van der Waals surface area contributed by atoms with Crippen molar-refractivity contribution in [2.45, 2.75) is 6.18 Å². The molecule has 0 fully saturated rings. The number of aliphatic hydroxyl groups excluding tert-OH is 1. The van der Waals surface area contributed by atoms with Crippen molar-refractivity contribution >= 4 is 27.6 Å². The fourth-order valence-corrected chi connectivity index (χ4v) is 2.13. The van der Waals surface area contributed by atoms with E-state index in [1.165, 1.54) is 18.2 Å². The molecule has 0 aliphatic heterocycles. The van der Waals surface area contributed by atoms with Gasteiger partial charge in [0.2, 0.25) is 5.76 Å². The molecule has 1 aromatic heterocycles. The number of aromatic nitrogens is 1. The molecule has 2 N–H and O–H groups in total. The van der Waals surface area contributed by atoms with Crippen molar-refractivity contribution in [3.05, 3.63) is 29.0 Å². The third-order valence-corrected chi connectivity index (χ3v) is 2.90. The van der Waals surface area contributed by atoms with Crippen LogP contribution in [0.4, 0.5) is 13.2 Å². The summed E-state index contributed by atoms with van der Waals surface area (Å²) >= 11 is 0.948. The second-order valence-corrected chi connectivity index (χ2v) is 4.29. The minimum atomic E-state index is -4.78. The standard InChI is InChI=1S/C10H6F3NO2S/c11-10(12,13)8(16)4-9-14-6-2-1-5(15)3-7(6)17-9/h1-4,15-16H. The Bertz CT molecular complexity index is 589. The number of allylic oxidation sites excluding steroid dienone is 1. The lowest BCUT2D eigenvalue weighted by Crippen LogP contribution is -2.10. The largest absolute Gasteiger partial charge is 0.508 e. The molecule has 0 atom stereocenters. The first-order valence-electron chi connectivity index (χ1n) is 4.44. The number of thiazole rings is 1. The van der Waals surface area contributed by atoms with Crippen LogP contribution < -0.4 is 0 Å². The van der Waals surface area contributed by atoms with Crippen molar-refractivity contribution in [1.29, 1.82) is 0 Å². The van der Waals surface area contributed by atoms with E-state index in [-0.39, 0.29) is 10.8 Å². The number of rotatable bonds is 1. The Morgan fingerprint density at radius 3 is 2.71 bits per heavy atom. The Labute approximate surface area is 97.5 Å². The summed E-state index contributed by atoms with van der Waals surface area (Å²) in [7, 11) is 0. The zero-order valence-electron chi connectivity index (χ0n) is 8.19. The maximum atomic E-state index is 12.1. The number of phenolic OH excluding ortho intramolecular Hbond substituents is 1. The van der Waals surface area contributed by atoms with Crippen molar-refractivity contribution in [3.63, 3.8) is 0 Å². The van der Waals surface area contributed by atoms with Crippen molar-refractivity contribution in [3.8, 4) is 5.75 Å². The van der Waals surface area contributed by atoms with Crippen molar-refractivity contribution < 1.29 is 23.4 Å². The van der Waals surface area contributed by atoms with Crippen molar-refractivity contribution in [1.82, 2.24) is 4.98 Å². The predicted octanol–water partition coefficient (Wildman–Crippen LogP) is 3.46. The highest BCUT2D eigenvalue weighted by atomic mass is 32.1. The summed E-state index contributed by atoms with van der Waals surface area (Å²) in [5.74, 6) is -1.68. The zero-order valence-corrected chi connectivity index (χ0v) is 9.01. The number of aliphatic hydroxyl groups is 1. The van der Waals surface area contributed by atoms with Gasteiger partial charge in [-0.25, -0.2) is 4.98 Å². The van der Waals surface area contributed by atoms with Gasteiger partial charge in [-0.05, 0) is 18.2 Å². The molecule has 0 aliphatic carbocycles. The average Bonchev–Trinajstić information content (AvgIpc) is 2.57. The van der Waals surface area contributed by atoms with Gasteiger partial charge in [0.15, 0.2) is 0 Å². The average molecular weight is 261 g/mol. The van der Waals surface area contributed by atoms with Crippen LogP contribution in [0.2, 0.25) is 0 Å². The predicted molar refractivity (Wildman–Crippen MR) is 57.9 cm³/mol. The smallest absolute Gasteiger partial charge is 0.448 e. The third-order valence-electron chi connectivity index (χ3n) is 1.94. The molecule has 3 nitrogen and oxygen atoms in total. The SMILES string of the molecule is OC(=Cc1nc2ccc(O)cc2s1)C(F)(F)F. The van der Waals surface area contributed by atoms with Gasteiger partial charge >= 0.3 is 6.18 Å². The molecule has 1 aromatic carbocycles. The van der Waals surface area contributed by atoms with E-state index >= 15 is 0 Å². The fraction of sp³-hybridized carbons (Fsp3) is 0.100. The molecule has 0 saturated heterocycles. The quantitative estimate of drug-likeness (QED) is 0.773. The molecular weight excluding hydrogens is 255 g/mol. The van der Waals surface area contributed by atoms with Gasteiger partial charge in [-0.3, -0.25) is 0 Å². The highest BCUT2D eigenvalue weighted by molar-refractivity contribution is 7.19. The number of nitrogens with zero attached hydrogens (tertiary/aromatic N) is 1. The Hall–Kier alpha value is -1.76. The number of halogens is 3. The lowest BCUT2D eigenvalue weighted by atomic mass is 10.3. The number of hydrogen-bond donors (Lipinski definition) is 2. The highest BCUT2D eigenvalue weighted by Crippen LogP contribution is 2.30. The summed E-state index contributed by atoms with van der Waals surface area (Å²) in [4.78, 5) is 3.88. The highest BCUT2D eigenvalue weighted by Gasteiger charge is 2.33. The van der Waals surface area contributed by atoms with Gasteiger partial charge in [0.25, 0.3) is 0 Å². The Morgan fingerprint density at radius 1 is 1.35 bits per heavy atom. The van der Waals surface area contributed by atoms with Crippen LogP contribution in [0.25, 0.3) is 16.3 Å². The Morgan fingerprint density at radius 2 is 2.06 bits per heavy atom. The van der Waals surface area contributed by atoms with Gasteiger partial charge in [0.1, 0.15) is 10.8 Å². The third kappa shape index (κ3) is 2.50. The zero-order chi connectivity index (χ0) is 12.6. The van der Waals surface area contributed by atoms with Crippen molar-refractivity contribution in [2.24, 2.45) is 0 Å². The van der Waals surface area contributed by atoms with Crippen LogP contribution in [0.15, 0.2) is 24.0 Å². The topological polar surface area (TPSA) is 53.4 Å². The molecule has 0 radical (unpaired) electrons. The molecule has 0 bridgehead atoms. The van der Waals surface area contributed by atoms with E-state index in [2.05, 4.69) is 4.98 Å². The molecule has 0 unspecified atom stereocenters. The second kappa shape index (κ2) is 3.92. The summed E-state index contributed by atoms with van der Waals surface area (Å²) in [6.07, 6.45) is -4.22. The summed E-state index contributed by atoms with van der Waals surface area (Å²) < 4.78 is 36.8. The van der Waals surface area contributed by atoms with E-state index in [1.54, 1.807) is 0 Å². The van der Waals surface area contributed by atoms with Crippen LogP contribution in [0.5, 0.6) is 5.75 Å². The minimum Gasteiger partial charge on any atom is -0.508 e. The molecule has 0 amide bonds. The first-order chi connectivity index (χ1) is 7.86. The fourth-order valence-electron chi connectivity index (χ4n) is 1.19. The normalized spacial score (nSPS) is 13.2. The molecule has 0 spiro atoms. The van der Waals surface area contributed by atoms with Gasteiger partial charge in [0, 0.05) is 6.08 Å². The van der Waals surface area contributed by atoms with E-state index < -0.39 is 11.9 Å². The number of alkyl halides is 3. The lowest BCUT2D eigenvalue weighted by Gasteiger charge is -2.02. The van der Waals surface area contributed by atoms with Crippen LogP contribution in [0.3, 0.4) is 0 Å². The molecule has 2 rings (SSSR count). The van der Waals surface area contributed by atoms with Gasteiger partial charge in [-0.1, -0.05) is 0 Å². The van der Waals surface area contributed by atoms with E-state index in [0.717, 1.165) is 11.3 Å². The number of fused-ring (bicyclic) bond motifs is 1. The molecule has 0 saturated carbocycles. The van der Waals surface area contributed by atoms with Crippen molar-refractivity contribution in [2.75, 3.05) is 0 Å². The van der Waals surface area contributed by atoms with Crippen LogP contribution in [0, 0.1) is 0 Å². The summed E-state index contributed by atoms with van der Waals surface area (Å²) in [6, 6.07) is 4.28. The minimum absolute atomic E-state index is 0.0109. The van der Waals surface area contributed by atoms with E-state index in [9.17, 15) is 18.3 Å². The summed E-state index contributed by atoms with van der Waals surface area (Å²) in [6.45, 7) is 0. The van der Waals surface area contributed by atoms with E-state index in [0.29, 0.717) is 16.3 Å². The summed E-state index contributed by atoms with van der Waals surface area (Å²) in [5, 5.41) is 18.0. The van der Waals surface area contributed by atoms with Crippen LogP contribution >= 0.6 is 11.3 Å². The molecule has 7 heteroatoms. The number of phenols is 1. The Balaban J connectivity index is 2.44. The molecule has 2 aromatic rings. The number of benzene rings is 1. The van der Waals surface area contributed by atoms with Crippen LogP contribution in [-0.4, -0.2) is 21.4 Å². The number of hydrogen-bond acceptors (Lipinski definition) is 4. The molecule has 90 valence electrons. The molecule has 17 heavy (non-hydrogen) atoms. The van der Waals surface area contributed by atoms with E-state index in [4.69, 9.17) is 5.11 Å². The monoisotopic (exact) mass is 261 g/mol. The van der Waals surface area contributed by atoms with Gasteiger partial charge in [-0.15, -0.1) is 11.3 Å². The van der Waals surface area contributed by atoms with Gasteiger partial charge in [-0.2, -0.15) is 13.2 Å². The van der Waals surface area contributed by atoms with Crippen LogP contribution in [-0.2, 0) is 0 Å². The Kier molecular flexibility index (Phi) is 2.70. The van der Waals surface area contributed by atoms with Crippen LogP contribution in [0.1, 0.15) is 5.01 Å². The maximum absolute atomic E-state index is 12.1. The molecule has 1 heterocycles. The lowest BCUT2D eigenvalue weighted by molar-refractivity contribution is -0.119. The maximum Gasteiger partial charge on any atom is 0.448 e. The van der Waals surface area contributed by atoms with Gasteiger partial charge in [0.05, 0.1) is 10.2 Å². The molecular formula is C10H6F3NO2S. The molecule has 0 aliphatic rings. The first-order valence-corrected chi connectivity index (χ1v) is 5.25. The summed E-state index contributed by atoms with van der Waals surface area (Å²) in [5.41, 5.74) is 0.467. The van der Waals surface area contributed by atoms with Gasteiger partial charge < -0.3 is 10.2 Å². The number of aromatic hydroxyl groups is 1. The second-order valence-electron chi connectivity index (χ2n) is 3.23. The van der Waals surface area contributed by atoms with E-state index in [1.807, 2.05) is 0 Å². The first kappa shape index (κ1) is 11.7.